The number of nitrogens with zero attached hydrogens (tertiary/aromatic N) is 1. The van der Waals surface area contributed by atoms with Crippen LogP contribution in [-0.4, -0.2) is 16.7 Å². The van der Waals surface area contributed by atoms with Gasteiger partial charge in [0.2, 0.25) is 0 Å². The Labute approximate surface area is 106 Å². The normalized spacial score (nSPS) is 18.2. The van der Waals surface area contributed by atoms with Gasteiger partial charge >= 0.3 is 0 Å². The summed E-state index contributed by atoms with van der Waals surface area (Å²) < 4.78 is 0. The second-order valence-corrected chi connectivity index (χ2v) is 5.07. The quantitative estimate of drug-likeness (QED) is 0.630. The van der Waals surface area contributed by atoms with E-state index in [0.717, 1.165) is 0 Å². The number of aromatic hydroxyl groups is 1. The van der Waals surface area contributed by atoms with E-state index in [2.05, 4.69) is 10.5 Å². The van der Waals surface area contributed by atoms with Crippen molar-refractivity contribution in [2.45, 2.75) is 25.7 Å². The van der Waals surface area contributed by atoms with E-state index < -0.39 is 0 Å². The Hall–Kier alpha value is -1.84. The topological polar surface area (TPSA) is 61.7 Å². The van der Waals surface area contributed by atoms with Crippen LogP contribution in [0.3, 0.4) is 0 Å². The molecule has 1 aromatic carbocycles. The predicted octanol–water partition coefficient (Wildman–Crippen LogP) is 2.30. The smallest absolute Gasteiger partial charge is 0.271 e. The minimum absolute atomic E-state index is 0.159. The number of amides is 1. The van der Waals surface area contributed by atoms with Gasteiger partial charge < -0.3 is 5.11 Å². The summed E-state index contributed by atoms with van der Waals surface area (Å²) in [6, 6.07) is 6.19. The summed E-state index contributed by atoms with van der Waals surface area (Å²) in [6.45, 7) is 0. The first-order valence-corrected chi connectivity index (χ1v) is 6.41. The minimum atomic E-state index is -0.214. The molecule has 4 nitrogen and oxygen atoms in total. The second-order valence-electron chi connectivity index (χ2n) is 5.07. The Balaban J connectivity index is 1.66. The molecular weight excluding hydrogens is 228 g/mol. The molecule has 0 aromatic heterocycles. The lowest BCUT2D eigenvalue weighted by molar-refractivity contribution is 0.0954. The zero-order valence-corrected chi connectivity index (χ0v) is 10.1. The molecule has 0 aliphatic heterocycles. The lowest BCUT2D eigenvalue weighted by Gasteiger charge is -2.04. The van der Waals surface area contributed by atoms with Gasteiger partial charge in [-0.05, 0) is 61.8 Å². The van der Waals surface area contributed by atoms with Crippen LogP contribution in [-0.2, 0) is 0 Å². The maximum absolute atomic E-state index is 11.8. The first-order chi connectivity index (χ1) is 8.74. The van der Waals surface area contributed by atoms with E-state index in [0.29, 0.717) is 17.4 Å². The molecule has 1 amide bonds. The first kappa shape index (κ1) is 11.3. The number of phenols is 1. The third kappa shape index (κ3) is 2.53. The fourth-order valence-corrected chi connectivity index (χ4v) is 2.07. The van der Waals surface area contributed by atoms with E-state index in [1.807, 2.05) is 0 Å². The summed E-state index contributed by atoms with van der Waals surface area (Å²) in [5.41, 5.74) is 4.33. The van der Waals surface area contributed by atoms with Crippen LogP contribution in [0.15, 0.2) is 29.4 Å². The van der Waals surface area contributed by atoms with Crippen molar-refractivity contribution in [2.75, 3.05) is 0 Å². The molecule has 0 heterocycles. The van der Waals surface area contributed by atoms with Crippen molar-refractivity contribution in [3.63, 3.8) is 0 Å². The Morgan fingerprint density at radius 3 is 2.17 bits per heavy atom. The molecule has 2 aliphatic rings. The number of hydrazone groups is 1. The number of hydrogen-bond donors (Lipinski definition) is 2. The van der Waals surface area contributed by atoms with Crippen LogP contribution in [0, 0.1) is 11.8 Å². The number of benzene rings is 1. The van der Waals surface area contributed by atoms with Crippen LogP contribution in [0.1, 0.15) is 36.0 Å². The van der Waals surface area contributed by atoms with Gasteiger partial charge in [0.05, 0.1) is 0 Å². The lowest BCUT2D eigenvalue weighted by atomic mass is 10.1. The molecule has 2 saturated carbocycles. The Bertz CT molecular complexity index is 471. The predicted molar refractivity (Wildman–Crippen MR) is 68.5 cm³/mol. The molecule has 0 bridgehead atoms. The van der Waals surface area contributed by atoms with E-state index >= 15 is 0 Å². The van der Waals surface area contributed by atoms with Crippen molar-refractivity contribution in [3.8, 4) is 5.75 Å². The van der Waals surface area contributed by atoms with Gasteiger partial charge in [0, 0.05) is 11.3 Å². The van der Waals surface area contributed by atoms with Crippen LogP contribution < -0.4 is 5.43 Å². The van der Waals surface area contributed by atoms with Gasteiger partial charge in [-0.1, -0.05) is 0 Å². The number of hydrogen-bond acceptors (Lipinski definition) is 3. The molecule has 4 heteroatoms. The van der Waals surface area contributed by atoms with Crippen molar-refractivity contribution >= 4 is 11.6 Å². The van der Waals surface area contributed by atoms with Crippen LogP contribution in [0.5, 0.6) is 5.75 Å². The zero-order valence-electron chi connectivity index (χ0n) is 10.1. The molecule has 0 spiro atoms. The summed E-state index contributed by atoms with van der Waals surface area (Å²) >= 11 is 0. The molecule has 0 unspecified atom stereocenters. The van der Waals surface area contributed by atoms with Crippen LogP contribution >= 0.6 is 0 Å². The highest BCUT2D eigenvalue weighted by atomic mass is 16.3. The van der Waals surface area contributed by atoms with Gasteiger partial charge in [-0.25, -0.2) is 5.43 Å². The molecule has 2 N–H and O–H groups in total. The lowest BCUT2D eigenvalue weighted by Crippen LogP contribution is -2.21. The van der Waals surface area contributed by atoms with Gasteiger partial charge in [0.25, 0.3) is 5.91 Å². The zero-order chi connectivity index (χ0) is 12.5. The monoisotopic (exact) mass is 244 g/mol. The van der Waals surface area contributed by atoms with Crippen molar-refractivity contribution in [2.24, 2.45) is 16.9 Å². The highest BCUT2D eigenvalue weighted by Gasteiger charge is 2.38. The van der Waals surface area contributed by atoms with E-state index in [9.17, 15) is 4.79 Å². The van der Waals surface area contributed by atoms with Gasteiger partial charge in [-0.3, -0.25) is 4.79 Å². The molecule has 2 aliphatic carbocycles. The standard InChI is InChI=1S/C14H16N2O2/c17-12-7-5-11(6-8-12)14(18)16-15-13(9-1-2-9)10-3-4-10/h5-10,17H,1-4H2,(H,16,18). The number of carbonyl (C=O) groups excluding carboxylic acids is 1. The van der Waals surface area contributed by atoms with Gasteiger partial charge in [0.15, 0.2) is 0 Å². The van der Waals surface area contributed by atoms with Crippen LogP contribution in [0.25, 0.3) is 0 Å². The molecule has 18 heavy (non-hydrogen) atoms. The van der Waals surface area contributed by atoms with Crippen LogP contribution in [0.2, 0.25) is 0 Å². The summed E-state index contributed by atoms with van der Waals surface area (Å²) in [6.07, 6.45) is 4.85. The molecule has 0 saturated heterocycles. The summed E-state index contributed by atoms with van der Waals surface area (Å²) in [5.74, 6) is 1.16. The summed E-state index contributed by atoms with van der Waals surface area (Å²) in [7, 11) is 0. The Morgan fingerprint density at radius 1 is 1.11 bits per heavy atom. The third-order valence-electron chi connectivity index (χ3n) is 3.41. The number of nitrogens with one attached hydrogen (secondary N) is 1. The summed E-state index contributed by atoms with van der Waals surface area (Å²) in [4.78, 5) is 11.8. The van der Waals surface area contributed by atoms with Crippen molar-refractivity contribution in [1.82, 2.24) is 5.43 Å². The van der Waals surface area contributed by atoms with Crippen molar-refractivity contribution < 1.29 is 9.90 Å². The average molecular weight is 244 g/mol. The molecule has 3 rings (SSSR count). The molecular formula is C14H16N2O2. The largest absolute Gasteiger partial charge is 0.508 e. The van der Waals surface area contributed by atoms with Gasteiger partial charge in [0.1, 0.15) is 5.75 Å². The SMILES string of the molecule is O=C(NN=C(C1CC1)C1CC1)c1ccc(O)cc1. The third-order valence-corrected chi connectivity index (χ3v) is 3.41. The van der Waals surface area contributed by atoms with Gasteiger partial charge in [-0.2, -0.15) is 5.10 Å². The van der Waals surface area contributed by atoms with Crippen molar-refractivity contribution in [1.29, 1.82) is 0 Å². The van der Waals surface area contributed by atoms with E-state index in [-0.39, 0.29) is 11.7 Å². The average Bonchev–Trinajstić information content (AvgIpc) is 3.24. The number of rotatable bonds is 4. The molecule has 2 fully saturated rings. The number of phenolic OH excluding ortho intramolecular Hbond substituents is 1. The summed E-state index contributed by atoms with van der Waals surface area (Å²) in [5, 5.41) is 13.5. The molecule has 0 atom stereocenters. The molecule has 0 radical (unpaired) electrons. The highest BCUT2D eigenvalue weighted by Crippen LogP contribution is 2.41. The maximum Gasteiger partial charge on any atom is 0.271 e. The maximum atomic E-state index is 11.8. The Kier molecular flexibility index (Phi) is 2.78. The van der Waals surface area contributed by atoms with Crippen molar-refractivity contribution in [3.05, 3.63) is 29.8 Å². The van der Waals surface area contributed by atoms with E-state index in [4.69, 9.17) is 5.11 Å². The van der Waals surface area contributed by atoms with Gasteiger partial charge in [-0.15, -0.1) is 0 Å². The fourth-order valence-electron chi connectivity index (χ4n) is 2.07. The minimum Gasteiger partial charge on any atom is -0.508 e. The Morgan fingerprint density at radius 2 is 1.67 bits per heavy atom. The molecule has 1 aromatic rings. The van der Waals surface area contributed by atoms with E-state index in [1.165, 1.54) is 43.5 Å². The van der Waals surface area contributed by atoms with E-state index in [1.54, 1.807) is 12.1 Å². The first-order valence-electron chi connectivity index (χ1n) is 6.41. The molecule has 94 valence electrons. The number of carbonyl (C=O) groups is 1. The fraction of sp³-hybridized carbons (Fsp3) is 0.429. The second kappa shape index (κ2) is 4.44. The van der Waals surface area contributed by atoms with Crippen LogP contribution in [0.4, 0.5) is 0 Å². The highest BCUT2D eigenvalue weighted by molar-refractivity contribution is 5.97.